The Kier molecular flexibility index (Phi) is 4.77. The fourth-order valence-electron chi connectivity index (χ4n) is 1.34. The van der Waals surface area contributed by atoms with Gasteiger partial charge in [0.05, 0.1) is 11.0 Å². The van der Waals surface area contributed by atoms with Crippen LogP contribution < -0.4 is 10.5 Å². The van der Waals surface area contributed by atoms with Crippen LogP contribution in [0.5, 0.6) is 5.75 Å². The van der Waals surface area contributed by atoms with Gasteiger partial charge >= 0.3 is 5.97 Å². The number of ether oxygens (including phenoxy) is 1. The molecule has 0 bridgehead atoms. The fourth-order valence-corrected chi connectivity index (χ4v) is 2.13. The van der Waals surface area contributed by atoms with Crippen molar-refractivity contribution >= 4 is 21.5 Å². The molecular formula is C12H17NO5S. The maximum atomic E-state index is 11.6. The van der Waals surface area contributed by atoms with Crippen LogP contribution in [-0.2, 0) is 9.84 Å². The molecule has 1 aromatic carbocycles. The van der Waals surface area contributed by atoms with E-state index in [1.807, 2.05) is 0 Å². The first-order valence-electron chi connectivity index (χ1n) is 5.71. The number of aromatic carboxylic acids is 1. The first-order chi connectivity index (χ1) is 8.74. The second-order valence-corrected chi connectivity index (χ2v) is 7.00. The minimum Gasteiger partial charge on any atom is -0.492 e. The average Bonchev–Trinajstić information content (AvgIpc) is 2.30. The molecule has 0 radical (unpaired) electrons. The van der Waals surface area contributed by atoms with Gasteiger partial charge in [0.1, 0.15) is 17.9 Å². The van der Waals surface area contributed by atoms with E-state index in [2.05, 4.69) is 0 Å². The molecule has 0 aliphatic heterocycles. The first kappa shape index (κ1) is 15.3. The van der Waals surface area contributed by atoms with Gasteiger partial charge in [0.2, 0.25) is 0 Å². The Morgan fingerprint density at radius 1 is 1.42 bits per heavy atom. The number of nitrogen functional groups attached to an aromatic ring is 1. The predicted molar refractivity (Wildman–Crippen MR) is 72.2 cm³/mol. The molecule has 0 amide bonds. The van der Waals surface area contributed by atoms with Crippen LogP contribution >= 0.6 is 0 Å². The SMILES string of the molecule is CC(C)S(=O)(=O)CCOc1ccc(N)cc1C(=O)O. The largest absolute Gasteiger partial charge is 0.492 e. The molecule has 0 aromatic heterocycles. The van der Waals surface area contributed by atoms with Crippen LogP contribution in [0, 0.1) is 0 Å². The molecule has 0 atom stereocenters. The molecule has 0 fully saturated rings. The summed E-state index contributed by atoms with van der Waals surface area (Å²) in [5.41, 5.74) is 5.71. The zero-order valence-corrected chi connectivity index (χ0v) is 11.6. The summed E-state index contributed by atoms with van der Waals surface area (Å²) in [6.45, 7) is 3.08. The molecule has 0 saturated carbocycles. The van der Waals surface area contributed by atoms with Gasteiger partial charge in [-0.3, -0.25) is 0 Å². The van der Waals surface area contributed by atoms with Crippen molar-refractivity contribution in [3.05, 3.63) is 23.8 Å². The van der Waals surface area contributed by atoms with Gasteiger partial charge < -0.3 is 15.6 Å². The van der Waals surface area contributed by atoms with Gasteiger partial charge in [0.25, 0.3) is 0 Å². The van der Waals surface area contributed by atoms with Gasteiger partial charge in [-0.05, 0) is 32.0 Å². The smallest absolute Gasteiger partial charge is 0.339 e. The Balaban J connectivity index is 2.77. The Hall–Kier alpha value is -1.76. The van der Waals surface area contributed by atoms with E-state index in [4.69, 9.17) is 15.6 Å². The lowest BCUT2D eigenvalue weighted by atomic mass is 10.2. The summed E-state index contributed by atoms with van der Waals surface area (Å²) in [5, 5.41) is 8.50. The van der Waals surface area contributed by atoms with Gasteiger partial charge in [0.15, 0.2) is 9.84 Å². The third-order valence-electron chi connectivity index (χ3n) is 2.58. The number of benzene rings is 1. The normalized spacial score (nSPS) is 11.5. The van der Waals surface area contributed by atoms with Crippen molar-refractivity contribution in [3.8, 4) is 5.75 Å². The van der Waals surface area contributed by atoms with Crippen LogP contribution in [0.4, 0.5) is 5.69 Å². The van der Waals surface area contributed by atoms with Crippen molar-refractivity contribution in [1.29, 1.82) is 0 Å². The molecule has 6 nitrogen and oxygen atoms in total. The van der Waals surface area contributed by atoms with E-state index in [9.17, 15) is 13.2 Å². The number of sulfone groups is 1. The Bertz CT molecular complexity index is 565. The van der Waals surface area contributed by atoms with Gasteiger partial charge in [-0.25, -0.2) is 13.2 Å². The molecule has 0 aliphatic carbocycles. The number of anilines is 1. The number of carbonyl (C=O) groups is 1. The second-order valence-electron chi connectivity index (χ2n) is 4.32. The molecule has 19 heavy (non-hydrogen) atoms. The quantitative estimate of drug-likeness (QED) is 0.760. The molecule has 1 aromatic rings. The van der Waals surface area contributed by atoms with Crippen LogP contribution in [0.15, 0.2) is 18.2 Å². The second kappa shape index (κ2) is 5.92. The first-order valence-corrected chi connectivity index (χ1v) is 7.43. The molecule has 0 spiro atoms. The van der Waals surface area contributed by atoms with Crippen molar-refractivity contribution in [1.82, 2.24) is 0 Å². The van der Waals surface area contributed by atoms with Crippen molar-refractivity contribution in [2.75, 3.05) is 18.1 Å². The topological polar surface area (TPSA) is 107 Å². The van der Waals surface area contributed by atoms with Gasteiger partial charge in [0, 0.05) is 5.69 Å². The lowest BCUT2D eigenvalue weighted by Crippen LogP contribution is -2.22. The molecular weight excluding hydrogens is 270 g/mol. The monoisotopic (exact) mass is 287 g/mol. The minimum atomic E-state index is -3.21. The van der Waals surface area contributed by atoms with E-state index in [0.717, 1.165) is 0 Å². The molecule has 0 heterocycles. The lowest BCUT2D eigenvalue weighted by Gasteiger charge is -2.11. The number of rotatable bonds is 6. The van der Waals surface area contributed by atoms with E-state index < -0.39 is 21.1 Å². The highest BCUT2D eigenvalue weighted by Gasteiger charge is 2.17. The van der Waals surface area contributed by atoms with E-state index in [-0.39, 0.29) is 23.7 Å². The van der Waals surface area contributed by atoms with Crippen LogP contribution in [0.25, 0.3) is 0 Å². The summed E-state index contributed by atoms with van der Waals surface area (Å²) in [6, 6.07) is 4.19. The minimum absolute atomic E-state index is 0.0815. The zero-order valence-electron chi connectivity index (χ0n) is 10.8. The Labute approximate surface area is 112 Å². The van der Waals surface area contributed by atoms with E-state index >= 15 is 0 Å². The highest BCUT2D eigenvalue weighted by Crippen LogP contribution is 2.21. The summed E-state index contributed by atoms with van der Waals surface area (Å²) < 4.78 is 28.4. The summed E-state index contributed by atoms with van der Waals surface area (Å²) in [4.78, 5) is 11.0. The van der Waals surface area contributed by atoms with Gasteiger partial charge in [-0.2, -0.15) is 0 Å². The van der Waals surface area contributed by atoms with Crippen molar-refractivity contribution in [2.45, 2.75) is 19.1 Å². The molecule has 106 valence electrons. The molecule has 0 saturated heterocycles. The van der Waals surface area contributed by atoms with Gasteiger partial charge in [-0.15, -0.1) is 0 Å². The number of carboxylic acids is 1. The maximum Gasteiger partial charge on any atom is 0.339 e. The number of hydrogen-bond acceptors (Lipinski definition) is 5. The lowest BCUT2D eigenvalue weighted by molar-refractivity contribution is 0.0692. The number of hydrogen-bond donors (Lipinski definition) is 2. The highest BCUT2D eigenvalue weighted by atomic mass is 32.2. The highest BCUT2D eigenvalue weighted by molar-refractivity contribution is 7.91. The maximum absolute atomic E-state index is 11.6. The predicted octanol–water partition coefficient (Wildman–Crippen LogP) is 1.17. The molecule has 0 unspecified atom stereocenters. The van der Waals surface area contributed by atoms with E-state index in [0.29, 0.717) is 5.69 Å². The number of nitrogens with two attached hydrogens (primary N) is 1. The molecule has 3 N–H and O–H groups in total. The third-order valence-corrected chi connectivity index (χ3v) is 4.75. The average molecular weight is 287 g/mol. The number of carboxylic acid groups (broad SMARTS) is 1. The summed E-state index contributed by atoms with van der Waals surface area (Å²) in [5.74, 6) is -1.22. The zero-order chi connectivity index (χ0) is 14.6. The van der Waals surface area contributed by atoms with Crippen LogP contribution in [0.2, 0.25) is 0 Å². The summed E-state index contributed by atoms with van der Waals surface area (Å²) in [6.07, 6.45) is 0. The Morgan fingerprint density at radius 2 is 2.05 bits per heavy atom. The fraction of sp³-hybridized carbons (Fsp3) is 0.417. The molecule has 0 aliphatic rings. The van der Waals surface area contributed by atoms with E-state index in [1.165, 1.54) is 18.2 Å². The Morgan fingerprint density at radius 3 is 2.58 bits per heavy atom. The van der Waals surface area contributed by atoms with Crippen LogP contribution in [0.3, 0.4) is 0 Å². The van der Waals surface area contributed by atoms with Crippen molar-refractivity contribution in [3.63, 3.8) is 0 Å². The molecule has 7 heteroatoms. The standard InChI is InChI=1S/C12H17NO5S/c1-8(2)19(16,17)6-5-18-11-4-3-9(13)7-10(11)12(14)15/h3-4,7-8H,5-6,13H2,1-2H3,(H,14,15). The van der Waals surface area contributed by atoms with Crippen molar-refractivity contribution in [2.24, 2.45) is 0 Å². The van der Waals surface area contributed by atoms with Crippen LogP contribution in [-0.4, -0.2) is 37.1 Å². The van der Waals surface area contributed by atoms with Crippen LogP contribution in [0.1, 0.15) is 24.2 Å². The van der Waals surface area contributed by atoms with Gasteiger partial charge in [-0.1, -0.05) is 0 Å². The summed E-state index contributed by atoms with van der Waals surface area (Å²) >= 11 is 0. The van der Waals surface area contributed by atoms with Crippen molar-refractivity contribution < 1.29 is 23.1 Å². The molecule has 1 rings (SSSR count). The van der Waals surface area contributed by atoms with E-state index in [1.54, 1.807) is 13.8 Å². The summed E-state index contributed by atoms with van der Waals surface area (Å²) in [7, 11) is -3.21. The third kappa shape index (κ3) is 4.13.